The third kappa shape index (κ3) is 2.14. The number of hydrogen-bond acceptors (Lipinski definition) is 2. The van der Waals surface area contributed by atoms with Crippen LogP contribution in [0.4, 0.5) is 0 Å². The Morgan fingerprint density at radius 2 is 1.83 bits per heavy atom. The maximum absolute atomic E-state index is 11.6. The molecular formula is C19H15ClN2O2. The molecule has 0 unspecified atom stereocenters. The van der Waals surface area contributed by atoms with Gasteiger partial charge in [0.1, 0.15) is 0 Å². The summed E-state index contributed by atoms with van der Waals surface area (Å²) < 4.78 is 1.72. The largest absolute Gasteiger partial charge is 0.476 e. The molecule has 0 saturated heterocycles. The Bertz CT molecular complexity index is 988. The molecule has 4 nitrogen and oxygen atoms in total. The summed E-state index contributed by atoms with van der Waals surface area (Å²) in [5, 5.41) is 14.5. The van der Waals surface area contributed by atoms with E-state index in [-0.39, 0.29) is 5.69 Å². The molecule has 0 fully saturated rings. The van der Waals surface area contributed by atoms with Crippen LogP contribution in [-0.4, -0.2) is 20.9 Å². The minimum absolute atomic E-state index is 0.117. The van der Waals surface area contributed by atoms with E-state index in [1.807, 2.05) is 12.1 Å². The van der Waals surface area contributed by atoms with E-state index < -0.39 is 5.97 Å². The Morgan fingerprint density at radius 1 is 1.17 bits per heavy atom. The number of carbonyl (C=O) groups is 1. The molecule has 120 valence electrons. The van der Waals surface area contributed by atoms with Gasteiger partial charge in [0.05, 0.1) is 11.4 Å². The van der Waals surface area contributed by atoms with Crippen LogP contribution in [0.3, 0.4) is 0 Å². The van der Waals surface area contributed by atoms with Crippen LogP contribution in [0, 0.1) is 13.8 Å². The van der Waals surface area contributed by atoms with E-state index in [1.165, 1.54) is 11.1 Å². The molecule has 0 saturated carbocycles. The van der Waals surface area contributed by atoms with Crippen LogP contribution in [0.25, 0.3) is 16.9 Å². The van der Waals surface area contributed by atoms with Crippen LogP contribution >= 0.6 is 11.6 Å². The third-order valence-corrected chi connectivity index (χ3v) is 4.85. The average molecular weight is 339 g/mol. The lowest BCUT2D eigenvalue weighted by Crippen LogP contribution is -2.04. The highest BCUT2D eigenvalue weighted by Gasteiger charge is 2.31. The van der Waals surface area contributed by atoms with Crippen LogP contribution in [0.15, 0.2) is 36.4 Å². The lowest BCUT2D eigenvalue weighted by molar-refractivity contribution is 0.0689. The summed E-state index contributed by atoms with van der Waals surface area (Å²) in [5.41, 5.74) is 7.16. The van der Waals surface area contributed by atoms with Gasteiger partial charge in [0, 0.05) is 22.6 Å². The van der Waals surface area contributed by atoms with E-state index in [9.17, 15) is 9.90 Å². The summed E-state index contributed by atoms with van der Waals surface area (Å²) in [7, 11) is 0. The predicted molar refractivity (Wildman–Crippen MR) is 93.2 cm³/mol. The SMILES string of the molecule is Cc1cc2c(cc1C)-c1c(c(C(=O)O)nn1-c1ccc(Cl)cc1)C2. The second kappa shape index (κ2) is 5.21. The molecule has 1 N–H and O–H groups in total. The molecule has 0 radical (unpaired) electrons. The van der Waals surface area contributed by atoms with E-state index in [0.29, 0.717) is 11.4 Å². The highest BCUT2D eigenvalue weighted by molar-refractivity contribution is 6.30. The molecule has 0 spiro atoms. The second-order valence-corrected chi connectivity index (χ2v) is 6.58. The molecular weight excluding hydrogens is 324 g/mol. The van der Waals surface area contributed by atoms with Gasteiger partial charge in [0.25, 0.3) is 0 Å². The van der Waals surface area contributed by atoms with Gasteiger partial charge < -0.3 is 5.11 Å². The first-order chi connectivity index (χ1) is 11.5. The maximum atomic E-state index is 11.6. The van der Waals surface area contributed by atoms with Crippen molar-refractivity contribution in [2.45, 2.75) is 20.3 Å². The summed E-state index contributed by atoms with van der Waals surface area (Å²) in [6, 6.07) is 11.5. The Kier molecular flexibility index (Phi) is 3.25. The highest BCUT2D eigenvalue weighted by atomic mass is 35.5. The van der Waals surface area contributed by atoms with E-state index >= 15 is 0 Å². The molecule has 4 rings (SSSR count). The second-order valence-electron chi connectivity index (χ2n) is 6.14. The molecule has 5 heteroatoms. The standard InChI is InChI=1S/C19H15ClN2O2/c1-10-7-12-9-16-17(19(23)24)21-22(14-5-3-13(20)4-6-14)18(16)15(12)8-11(10)2/h3-8H,9H2,1-2H3,(H,23,24). The lowest BCUT2D eigenvalue weighted by atomic mass is 10.0. The fourth-order valence-corrected chi connectivity index (χ4v) is 3.39. The van der Waals surface area contributed by atoms with Crippen molar-refractivity contribution in [1.29, 1.82) is 0 Å². The van der Waals surface area contributed by atoms with Crippen LogP contribution in [0.1, 0.15) is 32.7 Å². The van der Waals surface area contributed by atoms with Crippen molar-refractivity contribution in [3.8, 4) is 16.9 Å². The number of carboxylic acids is 1. The number of aromatic nitrogens is 2. The zero-order chi connectivity index (χ0) is 17.0. The van der Waals surface area contributed by atoms with E-state index in [2.05, 4.69) is 31.1 Å². The van der Waals surface area contributed by atoms with Crippen molar-refractivity contribution in [3.63, 3.8) is 0 Å². The van der Waals surface area contributed by atoms with Gasteiger partial charge in [-0.15, -0.1) is 0 Å². The van der Waals surface area contributed by atoms with Crippen LogP contribution in [0.5, 0.6) is 0 Å². The molecule has 1 aliphatic carbocycles. The van der Waals surface area contributed by atoms with Gasteiger partial charge in [-0.05, 0) is 60.9 Å². The molecule has 1 aliphatic rings. The van der Waals surface area contributed by atoms with Gasteiger partial charge >= 0.3 is 5.97 Å². The van der Waals surface area contributed by atoms with Gasteiger partial charge in [0.15, 0.2) is 5.69 Å². The Balaban J connectivity index is 2.00. The topological polar surface area (TPSA) is 55.1 Å². The van der Waals surface area contributed by atoms with Crippen LogP contribution < -0.4 is 0 Å². The van der Waals surface area contributed by atoms with Crippen molar-refractivity contribution >= 4 is 17.6 Å². The molecule has 1 aromatic heterocycles. The van der Waals surface area contributed by atoms with Gasteiger partial charge in [-0.1, -0.05) is 17.7 Å². The number of fused-ring (bicyclic) bond motifs is 3. The fourth-order valence-electron chi connectivity index (χ4n) is 3.27. The maximum Gasteiger partial charge on any atom is 0.356 e. The monoisotopic (exact) mass is 338 g/mol. The van der Waals surface area contributed by atoms with E-state index in [0.717, 1.165) is 28.1 Å². The number of halogens is 1. The lowest BCUT2D eigenvalue weighted by Gasteiger charge is -2.10. The summed E-state index contributed by atoms with van der Waals surface area (Å²) in [4.78, 5) is 11.6. The molecule has 0 bridgehead atoms. The zero-order valence-electron chi connectivity index (χ0n) is 13.3. The van der Waals surface area contributed by atoms with Gasteiger partial charge in [0.2, 0.25) is 0 Å². The number of benzene rings is 2. The Hall–Kier alpha value is -2.59. The van der Waals surface area contributed by atoms with Crippen LogP contribution in [-0.2, 0) is 6.42 Å². The molecule has 0 aliphatic heterocycles. The van der Waals surface area contributed by atoms with Crippen molar-refractivity contribution in [2.24, 2.45) is 0 Å². The van der Waals surface area contributed by atoms with Crippen LogP contribution in [0.2, 0.25) is 5.02 Å². The summed E-state index contributed by atoms with van der Waals surface area (Å²) in [6.07, 6.45) is 0.598. The van der Waals surface area contributed by atoms with E-state index in [4.69, 9.17) is 11.6 Å². The molecule has 3 aromatic rings. The molecule has 2 aromatic carbocycles. The van der Waals surface area contributed by atoms with Crippen molar-refractivity contribution in [2.75, 3.05) is 0 Å². The van der Waals surface area contributed by atoms with Crippen molar-refractivity contribution in [3.05, 3.63) is 69.4 Å². The molecule has 0 atom stereocenters. The van der Waals surface area contributed by atoms with Gasteiger partial charge in [-0.3, -0.25) is 0 Å². The van der Waals surface area contributed by atoms with Crippen molar-refractivity contribution < 1.29 is 9.90 Å². The van der Waals surface area contributed by atoms with Crippen molar-refractivity contribution in [1.82, 2.24) is 9.78 Å². The molecule has 24 heavy (non-hydrogen) atoms. The number of rotatable bonds is 2. The summed E-state index contributed by atoms with van der Waals surface area (Å²) >= 11 is 5.97. The van der Waals surface area contributed by atoms with Gasteiger partial charge in [-0.25, -0.2) is 9.48 Å². The highest BCUT2D eigenvalue weighted by Crippen LogP contribution is 2.41. The smallest absolute Gasteiger partial charge is 0.356 e. The molecule has 1 heterocycles. The fraction of sp³-hybridized carbons (Fsp3) is 0.158. The first-order valence-electron chi connectivity index (χ1n) is 7.67. The summed E-state index contributed by atoms with van der Waals surface area (Å²) in [6.45, 7) is 4.14. The third-order valence-electron chi connectivity index (χ3n) is 4.60. The normalized spacial score (nSPS) is 12.1. The predicted octanol–water partition coefficient (Wildman–Crippen LogP) is 4.41. The number of aryl methyl sites for hydroxylation is 2. The zero-order valence-corrected chi connectivity index (χ0v) is 14.1. The number of aromatic carboxylic acids is 1. The minimum Gasteiger partial charge on any atom is -0.476 e. The summed E-state index contributed by atoms with van der Waals surface area (Å²) in [5.74, 6) is -1.000. The number of carboxylic acid groups (broad SMARTS) is 1. The quantitative estimate of drug-likeness (QED) is 0.589. The number of hydrogen-bond donors (Lipinski definition) is 1. The molecule has 0 amide bonds. The first kappa shape index (κ1) is 15.0. The Labute approximate surface area is 144 Å². The number of nitrogens with zero attached hydrogens (tertiary/aromatic N) is 2. The minimum atomic E-state index is -1.000. The van der Waals surface area contributed by atoms with E-state index in [1.54, 1.807) is 16.8 Å². The first-order valence-corrected chi connectivity index (χ1v) is 8.05. The van der Waals surface area contributed by atoms with Gasteiger partial charge in [-0.2, -0.15) is 5.10 Å². The average Bonchev–Trinajstić information content (AvgIpc) is 3.06. The Morgan fingerprint density at radius 3 is 2.50 bits per heavy atom.